The minimum Gasteiger partial charge on any atom is -0.451 e. The molecular formula is C20H17ClN2O3. The molecule has 1 amide bonds. The van der Waals surface area contributed by atoms with Gasteiger partial charge < -0.3 is 14.2 Å². The van der Waals surface area contributed by atoms with E-state index in [2.05, 4.69) is 4.90 Å². The number of hydrogen-bond donors (Lipinski definition) is 0. The molecule has 0 aliphatic carbocycles. The molecule has 1 aromatic heterocycles. The Morgan fingerprint density at radius 3 is 2.42 bits per heavy atom. The number of para-hydroxylation sites is 2. The molecule has 1 aliphatic rings. The predicted octanol–water partition coefficient (Wildman–Crippen LogP) is 3.41. The topological polar surface area (TPSA) is 53.8 Å². The number of carbonyl (C=O) groups excluding carboxylic acids is 1. The molecule has 0 saturated carbocycles. The Balaban J connectivity index is 1.52. The number of benzene rings is 2. The van der Waals surface area contributed by atoms with Gasteiger partial charge in [-0.1, -0.05) is 35.9 Å². The Morgan fingerprint density at radius 1 is 0.962 bits per heavy atom. The molecule has 0 bridgehead atoms. The molecular weight excluding hydrogens is 352 g/mol. The summed E-state index contributed by atoms with van der Waals surface area (Å²) < 4.78 is 5.66. The van der Waals surface area contributed by atoms with E-state index in [4.69, 9.17) is 16.0 Å². The van der Waals surface area contributed by atoms with Gasteiger partial charge >= 0.3 is 0 Å². The van der Waals surface area contributed by atoms with Crippen molar-refractivity contribution in [2.45, 2.75) is 0 Å². The van der Waals surface area contributed by atoms with Crippen LogP contribution in [0.2, 0.25) is 5.02 Å². The molecule has 0 radical (unpaired) electrons. The number of hydrogen-bond acceptors (Lipinski definition) is 4. The van der Waals surface area contributed by atoms with E-state index in [9.17, 15) is 9.59 Å². The van der Waals surface area contributed by atoms with Crippen molar-refractivity contribution in [1.29, 1.82) is 0 Å². The third-order valence-electron chi connectivity index (χ3n) is 4.61. The van der Waals surface area contributed by atoms with E-state index in [-0.39, 0.29) is 17.1 Å². The number of amides is 1. The molecule has 3 aromatic rings. The summed E-state index contributed by atoms with van der Waals surface area (Å²) >= 11 is 6.25. The number of piperazine rings is 1. The Hall–Kier alpha value is -2.79. The number of anilines is 1. The summed E-state index contributed by atoms with van der Waals surface area (Å²) in [5.41, 5.74) is 1.20. The second-order valence-electron chi connectivity index (χ2n) is 6.20. The lowest BCUT2D eigenvalue weighted by atomic mass is 10.2. The Kier molecular flexibility index (Phi) is 4.39. The highest BCUT2D eigenvalue weighted by atomic mass is 35.5. The van der Waals surface area contributed by atoms with Gasteiger partial charge in [-0.2, -0.15) is 0 Å². The lowest BCUT2D eigenvalue weighted by Gasteiger charge is -2.36. The summed E-state index contributed by atoms with van der Waals surface area (Å²) in [6.45, 7) is 2.43. The van der Waals surface area contributed by atoms with Crippen LogP contribution in [0.4, 0.5) is 5.69 Å². The van der Waals surface area contributed by atoms with Gasteiger partial charge in [0.25, 0.3) is 5.91 Å². The third kappa shape index (κ3) is 3.06. The number of halogens is 1. The Morgan fingerprint density at radius 2 is 1.65 bits per heavy atom. The van der Waals surface area contributed by atoms with Gasteiger partial charge in [-0.3, -0.25) is 9.59 Å². The van der Waals surface area contributed by atoms with Crippen LogP contribution in [0.1, 0.15) is 10.6 Å². The fraction of sp³-hybridized carbons (Fsp3) is 0.200. The first-order valence-electron chi connectivity index (χ1n) is 8.45. The molecule has 4 rings (SSSR count). The first-order valence-corrected chi connectivity index (χ1v) is 8.83. The molecule has 0 atom stereocenters. The van der Waals surface area contributed by atoms with Crippen LogP contribution < -0.4 is 10.3 Å². The van der Waals surface area contributed by atoms with E-state index >= 15 is 0 Å². The molecule has 0 spiro atoms. The molecule has 5 nitrogen and oxygen atoms in total. The molecule has 26 heavy (non-hydrogen) atoms. The number of carbonyl (C=O) groups is 1. The van der Waals surface area contributed by atoms with Crippen molar-refractivity contribution in [1.82, 2.24) is 4.90 Å². The summed E-state index contributed by atoms with van der Waals surface area (Å²) in [5, 5.41) is 1.18. The van der Waals surface area contributed by atoms with Crippen molar-refractivity contribution in [2.75, 3.05) is 31.1 Å². The molecule has 0 unspecified atom stereocenters. The van der Waals surface area contributed by atoms with Crippen molar-refractivity contribution in [3.8, 4) is 0 Å². The van der Waals surface area contributed by atoms with Crippen molar-refractivity contribution in [3.63, 3.8) is 0 Å². The SMILES string of the molecule is O=C(c1cc(=O)c2ccccc2o1)N1CCN(c2ccccc2Cl)CC1. The third-order valence-corrected chi connectivity index (χ3v) is 4.93. The summed E-state index contributed by atoms with van der Waals surface area (Å²) in [7, 11) is 0. The van der Waals surface area contributed by atoms with Crippen molar-refractivity contribution >= 4 is 34.2 Å². The quantitative estimate of drug-likeness (QED) is 0.695. The molecule has 1 saturated heterocycles. The maximum absolute atomic E-state index is 12.8. The van der Waals surface area contributed by atoms with Gasteiger partial charge in [0, 0.05) is 32.2 Å². The highest BCUT2D eigenvalue weighted by Crippen LogP contribution is 2.26. The maximum Gasteiger partial charge on any atom is 0.289 e. The monoisotopic (exact) mass is 368 g/mol. The normalized spacial score (nSPS) is 14.7. The zero-order chi connectivity index (χ0) is 18.1. The van der Waals surface area contributed by atoms with Crippen LogP contribution in [0.5, 0.6) is 0 Å². The number of nitrogens with zero attached hydrogens (tertiary/aromatic N) is 2. The van der Waals surface area contributed by atoms with Crippen LogP contribution >= 0.6 is 11.6 Å². The lowest BCUT2D eigenvalue weighted by molar-refractivity contribution is 0.0715. The largest absolute Gasteiger partial charge is 0.451 e. The van der Waals surface area contributed by atoms with E-state index in [1.807, 2.05) is 24.3 Å². The molecule has 6 heteroatoms. The standard InChI is InChI=1S/C20H17ClN2O3/c21-15-6-2-3-7-16(15)22-9-11-23(12-10-22)20(25)19-13-17(24)14-5-1-4-8-18(14)26-19/h1-8,13H,9-12H2. The molecule has 0 N–H and O–H groups in total. The second-order valence-corrected chi connectivity index (χ2v) is 6.61. The van der Waals surface area contributed by atoms with E-state index in [0.717, 1.165) is 5.69 Å². The fourth-order valence-electron chi connectivity index (χ4n) is 3.22. The Labute approximate surface area is 155 Å². The lowest BCUT2D eigenvalue weighted by Crippen LogP contribution is -2.49. The van der Waals surface area contributed by atoms with Crippen LogP contribution in [0.25, 0.3) is 11.0 Å². The molecule has 132 valence electrons. The Bertz CT molecular complexity index is 1020. The fourth-order valence-corrected chi connectivity index (χ4v) is 3.48. The van der Waals surface area contributed by atoms with Gasteiger partial charge in [-0.15, -0.1) is 0 Å². The summed E-state index contributed by atoms with van der Waals surface area (Å²) in [4.78, 5) is 28.8. The predicted molar refractivity (Wildman–Crippen MR) is 102 cm³/mol. The summed E-state index contributed by atoms with van der Waals surface area (Å²) in [5.74, 6) is -0.174. The zero-order valence-corrected chi connectivity index (χ0v) is 14.8. The van der Waals surface area contributed by atoms with Gasteiger partial charge in [-0.25, -0.2) is 0 Å². The molecule has 1 aliphatic heterocycles. The van der Waals surface area contributed by atoms with Crippen LogP contribution in [-0.2, 0) is 0 Å². The van der Waals surface area contributed by atoms with E-state index < -0.39 is 0 Å². The van der Waals surface area contributed by atoms with Crippen LogP contribution in [0.15, 0.2) is 63.8 Å². The van der Waals surface area contributed by atoms with Crippen LogP contribution in [-0.4, -0.2) is 37.0 Å². The van der Waals surface area contributed by atoms with Crippen LogP contribution in [0.3, 0.4) is 0 Å². The van der Waals surface area contributed by atoms with E-state index in [0.29, 0.717) is 42.2 Å². The molecule has 1 fully saturated rings. The first kappa shape index (κ1) is 16.7. The maximum atomic E-state index is 12.8. The summed E-state index contributed by atoms with van der Waals surface area (Å²) in [6.07, 6.45) is 0. The van der Waals surface area contributed by atoms with Gasteiger partial charge in [-0.05, 0) is 24.3 Å². The van der Waals surface area contributed by atoms with Crippen molar-refractivity contribution in [3.05, 3.63) is 75.6 Å². The minimum atomic E-state index is -0.258. The van der Waals surface area contributed by atoms with E-state index in [1.165, 1.54) is 6.07 Å². The number of fused-ring (bicyclic) bond motifs is 1. The smallest absolute Gasteiger partial charge is 0.289 e. The van der Waals surface area contributed by atoms with E-state index in [1.54, 1.807) is 29.2 Å². The number of rotatable bonds is 2. The van der Waals surface area contributed by atoms with Gasteiger partial charge in [0.1, 0.15) is 5.58 Å². The highest BCUT2D eigenvalue weighted by Gasteiger charge is 2.25. The molecule has 2 aromatic carbocycles. The van der Waals surface area contributed by atoms with Gasteiger partial charge in [0.05, 0.1) is 16.1 Å². The average Bonchev–Trinajstić information content (AvgIpc) is 2.68. The summed E-state index contributed by atoms with van der Waals surface area (Å²) in [6, 6.07) is 15.9. The van der Waals surface area contributed by atoms with Crippen LogP contribution in [0, 0.1) is 0 Å². The second kappa shape index (κ2) is 6.84. The van der Waals surface area contributed by atoms with Gasteiger partial charge in [0.2, 0.25) is 0 Å². The van der Waals surface area contributed by atoms with Gasteiger partial charge in [0.15, 0.2) is 11.2 Å². The minimum absolute atomic E-state index is 0.0832. The molecule has 2 heterocycles. The van der Waals surface area contributed by atoms with Crippen molar-refractivity contribution < 1.29 is 9.21 Å². The average molecular weight is 369 g/mol. The van der Waals surface area contributed by atoms with Crippen molar-refractivity contribution in [2.24, 2.45) is 0 Å². The first-order chi connectivity index (χ1) is 12.6. The highest BCUT2D eigenvalue weighted by molar-refractivity contribution is 6.33. The zero-order valence-electron chi connectivity index (χ0n) is 14.0.